The monoisotopic (exact) mass is 1400 g/mol. The summed E-state index contributed by atoms with van der Waals surface area (Å²) in [6, 6.07) is 0.277. The zero-order valence-corrected chi connectivity index (χ0v) is 55.6. The highest BCUT2D eigenvalue weighted by atomic mass is 127. The minimum Gasteiger partial charge on any atom is -0.481 e. The van der Waals surface area contributed by atoms with E-state index in [4.69, 9.17) is 30.7 Å². The Hall–Kier alpha value is -1.22. The first kappa shape index (κ1) is 72.8. The zero-order valence-electron chi connectivity index (χ0n) is 46.4. The number of hydrogen-bond donors (Lipinski definition) is 6. The van der Waals surface area contributed by atoms with E-state index in [1.54, 1.807) is 63.0 Å². The van der Waals surface area contributed by atoms with E-state index in [0.717, 1.165) is 4.90 Å². The summed E-state index contributed by atoms with van der Waals surface area (Å²) in [4.78, 5) is 111. The van der Waals surface area contributed by atoms with E-state index in [2.05, 4.69) is 22.4 Å². The van der Waals surface area contributed by atoms with Gasteiger partial charge < -0.3 is 61.3 Å². The Balaban J connectivity index is 4.38. The fraction of sp³-hybridized carbons (Fsp3) is 0.822. The van der Waals surface area contributed by atoms with Crippen molar-refractivity contribution in [1.82, 2.24) is 4.90 Å². The van der Waals surface area contributed by atoms with Crippen LogP contribution in [0.1, 0.15) is 108 Å². The minimum absolute atomic E-state index is 0.00117. The van der Waals surface area contributed by atoms with Crippen molar-refractivity contribution in [2.45, 2.75) is 141 Å². The molecule has 76 heavy (non-hydrogen) atoms. The predicted molar refractivity (Wildman–Crippen MR) is 314 cm³/mol. The quantitative estimate of drug-likeness (QED) is 0.0162. The molecule has 0 aromatic carbocycles. The Morgan fingerprint density at radius 1 is 0.737 bits per heavy atom. The molecular weight excluding hydrogens is 1310 g/mol. The van der Waals surface area contributed by atoms with Crippen LogP contribution in [0.2, 0.25) is 23.2 Å². The fourth-order valence-electron chi connectivity index (χ4n) is 11.6. The summed E-state index contributed by atoms with van der Waals surface area (Å²) in [6.07, 6.45) is -0.617. The normalized spacial score (nSPS) is 21.5. The maximum Gasteiger partial charge on any atom is 0.500 e. The van der Waals surface area contributed by atoms with E-state index in [1.165, 1.54) is 35.2 Å². The third kappa shape index (κ3) is 16.9. The van der Waals surface area contributed by atoms with Crippen molar-refractivity contribution in [3.63, 3.8) is 0 Å². The summed E-state index contributed by atoms with van der Waals surface area (Å²) in [5.41, 5.74) is -4.19. The molecule has 0 spiro atoms. The van der Waals surface area contributed by atoms with Crippen molar-refractivity contribution in [1.29, 1.82) is 0 Å². The molecule has 1 heterocycles. The van der Waals surface area contributed by atoms with Crippen LogP contribution in [-0.2, 0) is 69.0 Å². The maximum absolute atomic E-state index is 14.6. The summed E-state index contributed by atoms with van der Waals surface area (Å²) in [7, 11) is -6.39. The number of likely N-dealkylation sites (tertiary alicyclic amines) is 1. The molecule has 1 saturated heterocycles. The molecule has 22 nitrogen and oxygen atoms in total. The summed E-state index contributed by atoms with van der Waals surface area (Å²) in [5, 5.41) is 63.0. The van der Waals surface area contributed by atoms with Gasteiger partial charge in [-0.05, 0) is 57.7 Å². The number of carboxylic acids is 6. The molecule has 1 aliphatic rings. The average Bonchev–Trinajstić information content (AvgIpc) is 3.55. The lowest BCUT2D eigenvalue weighted by molar-refractivity contribution is -0.158. The van der Waals surface area contributed by atoms with E-state index in [1.807, 2.05) is 22.0 Å². The first-order valence-electron chi connectivity index (χ1n) is 25.6. The molecule has 31 heteroatoms. The number of halogens is 2. The van der Waals surface area contributed by atoms with Gasteiger partial charge in [-0.3, -0.25) is 43.3 Å². The van der Waals surface area contributed by atoms with Crippen LogP contribution in [0.4, 0.5) is 0 Å². The number of carboxylic acid groups (broad SMARTS) is 6. The minimum atomic E-state index is -4.78. The van der Waals surface area contributed by atoms with Crippen molar-refractivity contribution < 1.29 is 99.7 Å². The summed E-state index contributed by atoms with van der Waals surface area (Å²) in [5.74, 6) is -22.6. The molecule has 0 saturated carbocycles. The van der Waals surface area contributed by atoms with Crippen LogP contribution in [-0.4, -0.2) is 180 Å². The van der Waals surface area contributed by atoms with Gasteiger partial charge in [-0.1, -0.05) is 88.8 Å². The largest absolute Gasteiger partial charge is 0.500 e. The highest BCUT2D eigenvalue weighted by Gasteiger charge is 2.66. The highest BCUT2D eigenvalue weighted by Crippen LogP contribution is 2.62. The molecule has 0 aromatic rings. The molecular formula is C45H83B2I2NO21P2Si3. The van der Waals surface area contributed by atoms with Crippen molar-refractivity contribution in [2.75, 3.05) is 47.7 Å². The molecule has 1 aliphatic heterocycles. The van der Waals surface area contributed by atoms with E-state index in [9.17, 15) is 69.0 Å². The predicted octanol–water partition coefficient (Wildman–Crippen LogP) is 6.64. The second-order valence-electron chi connectivity index (χ2n) is 19.6. The molecule has 15 atom stereocenters. The molecule has 436 valence electrons. The summed E-state index contributed by atoms with van der Waals surface area (Å²) < 4.78 is 43.9. The number of carbonyl (C=O) groups is 8. The van der Waals surface area contributed by atoms with Crippen LogP contribution >= 0.6 is 58.3 Å². The Morgan fingerprint density at radius 3 is 1.58 bits per heavy atom. The highest BCUT2D eigenvalue weighted by molar-refractivity contribution is 14.2. The van der Waals surface area contributed by atoms with Crippen molar-refractivity contribution in [3.8, 4) is 0 Å². The number of imide groups is 1. The van der Waals surface area contributed by atoms with Crippen LogP contribution < -0.4 is 0 Å². The molecule has 2 amide bonds. The fourth-order valence-corrected chi connectivity index (χ4v) is 30.2. The number of carbonyl (C=O) groups excluding carboxylic acids is 2. The summed E-state index contributed by atoms with van der Waals surface area (Å²) >= 11 is 4.07. The van der Waals surface area contributed by atoms with Gasteiger partial charge in [-0.2, -0.15) is 0 Å². The van der Waals surface area contributed by atoms with Crippen LogP contribution in [0.15, 0.2) is 0 Å². The molecule has 15 unspecified atom stereocenters. The number of aliphatic carboxylic acids is 6. The van der Waals surface area contributed by atoms with Gasteiger partial charge in [0, 0.05) is 75.9 Å². The lowest BCUT2D eigenvalue weighted by Gasteiger charge is -2.49. The SMILES string of the molecule is BP(I)C(C)(CC(C(=O)O)C(C(=O)O)C(CC)[Si](CCC)(OCC)O[Si](OCC)(OCC)C(CC)C(C(=O)O)C(CC(C)(PBI)C1C(=O)N(CCC[Si](OC)(OC)OC)C(=O)C1C)C(=O)O)C(C(=O)O)C(C)C(=O)O. The average molecular weight is 1400 g/mol. The first-order chi connectivity index (χ1) is 35.4. The van der Waals surface area contributed by atoms with Gasteiger partial charge in [0.25, 0.3) is 0 Å². The lowest BCUT2D eigenvalue weighted by Crippen LogP contribution is -2.65. The lowest BCUT2D eigenvalue weighted by atomic mass is 9.74. The first-order valence-corrected chi connectivity index (χ1v) is 38.7. The second kappa shape index (κ2) is 32.4. The molecule has 0 bridgehead atoms. The van der Waals surface area contributed by atoms with Gasteiger partial charge in [0.15, 0.2) is 0 Å². The van der Waals surface area contributed by atoms with Gasteiger partial charge >= 0.3 is 62.0 Å². The Labute approximate surface area is 482 Å². The van der Waals surface area contributed by atoms with E-state index >= 15 is 0 Å². The maximum atomic E-state index is 14.6. The molecule has 6 N–H and O–H groups in total. The Kier molecular flexibility index (Phi) is 31.1. The molecule has 0 radical (unpaired) electrons. The zero-order chi connectivity index (χ0) is 58.9. The topological polar surface area (TPSA) is 326 Å². The number of nitrogens with zero attached hydrogens (tertiary/aromatic N) is 1. The van der Waals surface area contributed by atoms with Crippen LogP contribution in [0, 0.1) is 47.3 Å². The van der Waals surface area contributed by atoms with Gasteiger partial charge in [-0.15, -0.1) is 30.8 Å². The standard InChI is InChI=1S/C45H83B2I2NO21P2Si3/c1-14-22-74(68-17-4,30(15-2)32(41(59)60)29(40(57)58)25-45(10,73(46)49)35(43(63)64)27(8)38(53)54)71-76(69-18-5,70-19-6)31(16-3)33(42(61)62)28(39(55)56)24-44(9,72-47-48)34-26(7)36(51)50(37(34)52)21-20-23-75(65-11,66-12)67-13/h26-35,47,72H,14-25,46H2,1-13H3,(H,53,54)(H,55,56)(H,57,58)(H,59,60)(H,61,62)(H,63,64). The van der Waals surface area contributed by atoms with E-state index < -0.39 is 154 Å². The van der Waals surface area contributed by atoms with Crippen molar-refractivity contribution >= 4 is 145 Å². The smallest absolute Gasteiger partial charge is 0.481 e. The van der Waals surface area contributed by atoms with Crippen molar-refractivity contribution in [2.24, 2.45) is 47.3 Å². The third-order valence-corrected chi connectivity index (χ3v) is 35.3. The third-order valence-electron chi connectivity index (χ3n) is 15.3. The van der Waals surface area contributed by atoms with Crippen LogP contribution in [0.5, 0.6) is 0 Å². The van der Waals surface area contributed by atoms with E-state index in [-0.39, 0.29) is 79.0 Å². The Morgan fingerprint density at radius 2 is 1.21 bits per heavy atom. The van der Waals surface area contributed by atoms with Gasteiger partial charge in [0.05, 0.1) is 41.4 Å². The number of rotatable bonds is 41. The van der Waals surface area contributed by atoms with Crippen LogP contribution in [0.3, 0.4) is 0 Å². The second-order valence-corrected chi connectivity index (χ2v) is 39.6. The van der Waals surface area contributed by atoms with Gasteiger partial charge in [0.2, 0.25) is 16.7 Å². The molecule has 1 rings (SSSR count). The number of amides is 2. The molecule has 0 aliphatic carbocycles. The van der Waals surface area contributed by atoms with Gasteiger partial charge in [-0.25, -0.2) is 0 Å². The summed E-state index contributed by atoms with van der Waals surface area (Å²) in [6.45, 7) is 15.4. The number of hydrogen-bond acceptors (Lipinski definition) is 15. The van der Waals surface area contributed by atoms with Gasteiger partial charge in [0.1, 0.15) is 7.57 Å². The molecule has 1 fully saturated rings. The molecule has 0 aromatic heterocycles. The van der Waals surface area contributed by atoms with Crippen LogP contribution in [0.25, 0.3) is 0 Å². The van der Waals surface area contributed by atoms with Crippen molar-refractivity contribution in [3.05, 3.63) is 0 Å². The van der Waals surface area contributed by atoms with E-state index in [0.29, 0.717) is 4.86 Å². The Bertz CT molecular complexity index is 1970.